The summed E-state index contributed by atoms with van der Waals surface area (Å²) in [5.74, 6) is -1.27. The van der Waals surface area contributed by atoms with Gasteiger partial charge in [0, 0.05) is 18.2 Å². The zero-order valence-corrected chi connectivity index (χ0v) is 16.1. The molecular weight excluding hydrogens is 421 g/mol. The molecule has 164 valence electrons. The van der Waals surface area contributed by atoms with Crippen LogP contribution in [0.2, 0.25) is 0 Å². The molecule has 2 rings (SSSR count). The number of nitro groups is 1. The number of anilines is 1. The molecule has 0 aliphatic heterocycles. The van der Waals surface area contributed by atoms with Gasteiger partial charge < -0.3 is 14.8 Å². The average molecular weight is 438 g/mol. The third-order valence-electron chi connectivity index (χ3n) is 3.74. The van der Waals surface area contributed by atoms with E-state index in [0.717, 1.165) is 18.2 Å². The summed E-state index contributed by atoms with van der Waals surface area (Å²) in [7, 11) is 0. The molecule has 0 aliphatic rings. The number of alkyl halides is 3. The van der Waals surface area contributed by atoms with E-state index < -0.39 is 46.5 Å². The number of hydrogen-bond donors (Lipinski definition) is 1. The smallest absolute Gasteiger partial charge is 0.418 e. The van der Waals surface area contributed by atoms with Crippen LogP contribution in [0.4, 0.5) is 24.5 Å². The molecule has 0 radical (unpaired) electrons. The van der Waals surface area contributed by atoms with Crippen LogP contribution in [0.1, 0.15) is 18.1 Å². The number of esters is 1. The van der Waals surface area contributed by atoms with Crippen molar-refractivity contribution < 1.29 is 37.2 Å². The van der Waals surface area contributed by atoms with Crippen molar-refractivity contribution in [2.75, 3.05) is 18.5 Å². The van der Waals surface area contributed by atoms with Crippen LogP contribution in [-0.4, -0.2) is 30.0 Å². The van der Waals surface area contributed by atoms with Crippen LogP contribution in [0.25, 0.3) is 6.08 Å². The van der Waals surface area contributed by atoms with Crippen molar-refractivity contribution in [1.82, 2.24) is 0 Å². The Morgan fingerprint density at radius 2 is 1.84 bits per heavy atom. The molecule has 0 bridgehead atoms. The normalized spacial score (nSPS) is 11.2. The molecule has 0 spiro atoms. The second-order valence-corrected chi connectivity index (χ2v) is 5.98. The maximum absolute atomic E-state index is 13.1. The van der Waals surface area contributed by atoms with Gasteiger partial charge in [-0.2, -0.15) is 13.2 Å². The maximum Gasteiger partial charge on any atom is 0.418 e. The molecule has 0 fully saturated rings. The molecule has 11 heteroatoms. The minimum Gasteiger partial charge on any atom is -0.494 e. The van der Waals surface area contributed by atoms with Crippen LogP contribution in [0.15, 0.2) is 48.5 Å². The van der Waals surface area contributed by atoms with Crippen molar-refractivity contribution in [3.63, 3.8) is 0 Å². The number of non-ortho nitro benzene ring substituents is 1. The highest BCUT2D eigenvalue weighted by Crippen LogP contribution is 2.37. The van der Waals surface area contributed by atoms with E-state index in [1.54, 1.807) is 24.3 Å². The minimum atomic E-state index is -4.94. The summed E-state index contributed by atoms with van der Waals surface area (Å²) in [4.78, 5) is 33.3. The summed E-state index contributed by atoms with van der Waals surface area (Å²) in [6.45, 7) is 1.50. The van der Waals surface area contributed by atoms with E-state index in [9.17, 15) is 32.9 Å². The topological polar surface area (TPSA) is 108 Å². The van der Waals surface area contributed by atoms with Crippen LogP contribution >= 0.6 is 0 Å². The van der Waals surface area contributed by atoms with E-state index >= 15 is 0 Å². The Labute approximate surface area is 174 Å². The molecule has 0 atom stereocenters. The summed E-state index contributed by atoms with van der Waals surface area (Å²) in [6.07, 6.45) is -2.46. The lowest BCUT2D eigenvalue weighted by atomic mass is 10.1. The van der Waals surface area contributed by atoms with Gasteiger partial charge in [-0.3, -0.25) is 14.9 Å². The third kappa shape index (κ3) is 7.14. The molecule has 31 heavy (non-hydrogen) atoms. The number of nitrogens with zero attached hydrogens (tertiary/aromatic N) is 1. The molecule has 0 saturated carbocycles. The molecule has 0 aromatic heterocycles. The van der Waals surface area contributed by atoms with Gasteiger partial charge in [0.25, 0.3) is 11.6 Å². The Kier molecular flexibility index (Phi) is 7.72. The number of amides is 1. The Bertz CT molecular complexity index is 987. The van der Waals surface area contributed by atoms with Gasteiger partial charge >= 0.3 is 12.1 Å². The molecule has 0 saturated heterocycles. The van der Waals surface area contributed by atoms with Gasteiger partial charge in [0.05, 0.1) is 22.8 Å². The van der Waals surface area contributed by atoms with Crippen molar-refractivity contribution in [3.8, 4) is 5.75 Å². The van der Waals surface area contributed by atoms with Crippen molar-refractivity contribution >= 4 is 29.3 Å². The van der Waals surface area contributed by atoms with E-state index in [2.05, 4.69) is 0 Å². The van der Waals surface area contributed by atoms with Crippen LogP contribution < -0.4 is 10.1 Å². The van der Waals surface area contributed by atoms with Crippen molar-refractivity contribution in [1.29, 1.82) is 0 Å². The fraction of sp³-hybridized carbons (Fsp3) is 0.200. The molecule has 8 nitrogen and oxygen atoms in total. The Morgan fingerprint density at radius 3 is 2.42 bits per heavy atom. The van der Waals surface area contributed by atoms with Crippen LogP contribution in [0.5, 0.6) is 5.75 Å². The van der Waals surface area contributed by atoms with Gasteiger partial charge in [-0.15, -0.1) is 0 Å². The fourth-order valence-corrected chi connectivity index (χ4v) is 2.37. The van der Waals surface area contributed by atoms with E-state index in [4.69, 9.17) is 9.47 Å². The number of nitro benzene ring substituents is 1. The molecule has 0 aliphatic carbocycles. The first-order valence-electron chi connectivity index (χ1n) is 8.83. The first-order valence-corrected chi connectivity index (χ1v) is 8.83. The standard InChI is InChI=1S/C20H17F3N2O6/c1-2-30-15-7-3-13(4-8-15)5-10-19(27)31-12-18(26)24-17-9-6-14(25(28)29)11-16(17)20(21,22)23/h3-11H,2,12H2,1H3,(H,24,26). The van der Waals surface area contributed by atoms with Gasteiger partial charge in [0.1, 0.15) is 5.75 Å². The van der Waals surface area contributed by atoms with Crippen molar-refractivity contribution in [2.24, 2.45) is 0 Å². The second kappa shape index (κ2) is 10.2. The quantitative estimate of drug-likeness (QED) is 0.286. The van der Waals surface area contributed by atoms with E-state index in [1.807, 2.05) is 12.2 Å². The lowest BCUT2D eigenvalue weighted by molar-refractivity contribution is -0.385. The highest BCUT2D eigenvalue weighted by atomic mass is 19.4. The Balaban J connectivity index is 1.95. The van der Waals surface area contributed by atoms with Gasteiger partial charge in [-0.05, 0) is 36.8 Å². The van der Waals surface area contributed by atoms with E-state index in [1.165, 1.54) is 6.08 Å². The van der Waals surface area contributed by atoms with Crippen molar-refractivity contribution in [3.05, 3.63) is 69.8 Å². The lowest BCUT2D eigenvalue weighted by Gasteiger charge is -2.13. The number of carbonyl (C=O) groups excluding carboxylic acids is 2. The average Bonchev–Trinajstić information content (AvgIpc) is 2.71. The summed E-state index contributed by atoms with van der Waals surface area (Å²) < 4.78 is 49.3. The number of halogens is 3. The molecule has 1 N–H and O–H groups in total. The first kappa shape index (κ1) is 23.4. The van der Waals surface area contributed by atoms with Crippen molar-refractivity contribution in [2.45, 2.75) is 13.1 Å². The highest BCUT2D eigenvalue weighted by molar-refractivity contribution is 5.95. The van der Waals surface area contributed by atoms with Gasteiger partial charge in [0.15, 0.2) is 6.61 Å². The molecule has 2 aromatic carbocycles. The molecule has 2 aromatic rings. The first-order chi connectivity index (χ1) is 14.6. The summed E-state index contributed by atoms with van der Waals surface area (Å²) in [6, 6.07) is 8.66. The number of nitrogens with one attached hydrogen (secondary N) is 1. The Hall–Kier alpha value is -3.89. The zero-order chi connectivity index (χ0) is 23.0. The summed E-state index contributed by atoms with van der Waals surface area (Å²) in [5, 5.41) is 12.6. The number of ether oxygens (including phenoxy) is 2. The minimum absolute atomic E-state index is 0.307. The zero-order valence-electron chi connectivity index (χ0n) is 16.1. The fourth-order valence-electron chi connectivity index (χ4n) is 2.37. The summed E-state index contributed by atoms with van der Waals surface area (Å²) in [5.41, 5.74) is -2.21. The Morgan fingerprint density at radius 1 is 1.16 bits per heavy atom. The van der Waals surface area contributed by atoms with Crippen LogP contribution in [-0.2, 0) is 20.5 Å². The van der Waals surface area contributed by atoms with E-state index in [0.29, 0.717) is 24.0 Å². The van der Waals surface area contributed by atoms with Gasteiger partial charge in [-0.1, -0.05) is 12.1 Å². The summed E-state index contributed by atoms with van der Waals surface area (Å²) >= 11 is 0. The lowest BCUT2D eigenvalue weighted by Crippen LogP contribution is -2.22. The molecule has 0 heterocycles. The SMILES string of the molecule is CCOc1ccc(C=CC(=O)OCC(=O)Nc2ccc([N+](=O)[O-])cc2C(F)(F)F)cc1. The number of hydrogen-bond acceptors (Lipinski definition) is 6. The highest BCUT2D eigenvalue weighted by Gasteiger charge is 2.35. The van der Waals surface area contributed by atoms with Crippen LogP contribution in [0.3, 0.4) is 0 Å². The van der Waals surface area contributed by atoms with Gasteiger partial charge in [0.2, 0.25) is 0 Å². The molecule has 0 unspecified atom stereocenters. The molecular formula is C20H17F3N2O6. The molecule has 1 amide bonds. The predicted molar refractivity (Wildman–Crippen MR) is 104 cm³/mol. The number of benzene rings is 2. The third-order valence-corrected chi connectivity index (χ3v) is 3.74. The van der Waals surface area contributed by atoms with E-state index in [-0.39, 0.29) is 0 Å². The second-order valence-electron chi connectivity index (χ2n) is 5.98. The van der Waals surface area contributed by atoms with Gasteiger partial charge in [-0.25, -0.2) is 4.79 Å². The largest absolute Gasteiger partial charge is 0.494 e. The van der Waals surface area contributed by atoms with Crippen LogP contribution in [0, 0.1) is 10.1 Å². The maximum atomic E-state index is 13.1. The number of carbonyl (C=O) groups is 2. The number of rotatable bonds is 8. The predicted octanol–water partition coefficient (Wildman–Crippen LogP) is 4.21. The monoisotopic (exact) mass is 438 g/mol.